The number of carboxylic acids is 1. The number of nitrogens with one attached hydrogen (secondary N) is 1. The summed E-state index contributed by atoms with van der Waals surface area (Å²) in [6.07, 6.45) is 0.788. The largest absolute Gasteiger partial charge is 0.481 e. The van der Waals surface area contributed by atoms with E-state index < -0.39 is 44.7 Å². The Morgan fingerprint density at radius 2 is 1.88 bits per heavy atom. The van der Waals surface area contributed by atoms with E-state index in [1.54, 1.807) is 0 Å². The highest BCUT2D eigenvalue weighted by Crippen LogP contribution is 2.34. The predicted molar refractivity (Wildman–Crippen MR) is 118 cm³/mol. The average molecular weight is 509 g/mol. The number of carbonyl (C=O) groups excluding carboxylic acids is 1. The summed E-state index contributed by atoms with van der Waals surface area (Å²) >= 11 is 0.947. The molecule has 1 aliphatic carbocycles. The summed E-state index contributed by atoms with van der Waals surface area (Å²) in [7, 11) is -3.45. The van der Waals surface area contributed by atoms with Crippen LogP contribution in [0, 0.1) is 11.6 Å². The SMILES string of the molecule is O=C(O)Cc1cnc(NC(=O)C(Oc2ccc(F)cc2F)c2ccc(S(=O)(=O)C3CC3)cc2)s1. The molecule has 0 saturated heterocycles. The number of benzene rings is 2. The first-order valence-corrected chi connectivity index (χ1v) is 12.4. The van der Waals surface area contributed by atoms with Gasteiger partial charge in [0.05, 0.1) is 16.6 Å². The fraction of sp³-hybridized carbons (Fsp3) is 0.227. The van der Waals surface area contributed by atoms with Gasteiger partial charge in [-0.1, -0.05) is 12.1 Å². The van der Waals surface area contributed by atoms with Crippen LogP contribution in [0.3, 0.4) is 0 Å². The average Bonchev–Trinajstić information content (AvgIpc) is 3.55. The van der Waals surface area contributed by atoms with Crippen LogP contribution in [0.1, 0.15) is 29.4 Å². The molecule has 1 fully saturated rings. The number of nitrogens with zero attached hydrogens (tertiary/aromatic N) is 1. The normalized spacial score (nSPS) is 14.4. The Morgan fingerprint density at radius 1 is 1.18 bits per heavy atom. The molecule has 1 unspecified atom stereocenters. The van der Waals surface area contributed by atoms with Crippen LogP contribution in [0.25, 0.3) is 0 Å². The van der Waals surface area contributed by atoms with Gasteiger partial charge in [0.1, 0.15) is 5.82 Å². The molecule has 2 aromatic carbocycles. The molecule has 0 radical (unpaired) electrons. The number of rotatable bonds is 9. The van der Waals surface area contributed by atoms with Crippen molar-refractivity contribution in [2.24, 2.45) is 0 Å². The maximum absolute atomic E-state index is 14.2. The molecule has 1 amide bonds. The molecule has 3 aromatic rings. The number of carbonyl (C=O) groups is 2. The summed E-state index contributed by atoms with van der Waals surface area (Å²) in [4.78, 5) is 28.4. The van der Waals surface area contributed by atoms with Gasteiger partial charge in [0.25, 0.3) is 5.91 Å². The first-order chi connectivity index (χ1) is 16.1. The minimum atomic E-state index is -3.45. The number of hydrogen-bond acceptors (Lipinski definition) is 7. The zero-order chi connectivity index (χ0) is 24.5. The molecule has 0 aliphatic heterocycles. The number of hydrogen-bond donors (Lipinski definition) is 2. The van der Waals surface area contributed by atoms with Gasteiger partial charge < -0.3 is 9.84 Å². The van der Waals surface area contributed by atoms with Crippen molar-refractivity contribution >= 4 is 38.2 Å². The lowest BCUT2D eigenvalue weighted by molar-refractivity contribution is -0.136. The van der Waals surface area contributed by atoms with Crippen LogP contribution in [0.4, 0.5) is 13.9 Å². The van der Waals surface area contributed by atoms with Gasteiger partial charge in [0.2, 0.25) is 6.10 Å². The molecular weight excluding hydrogens is 490 g/mol. The molecule has 34 heavy (non-hydrogen) atoms. The fourth-order valence-electron chi connectivity index (χ4n) is 3.14. The lowest BCUT2D eigenvalue weighted by Crippen LogP contribution is -2.26. The van der Waals surface area contributed by atoms with Crippen LogP contribution in [-0.4, -0.2) is 35.6 Å². The third kappa shape index (κ3) is 5.39. The summed E-state index contributed by atoms with van der Waals surface area (Å²) in [5.74, 6) is -4.06. The van der Waals surface area contributed by atoms with Crippen molar-refractivity contribution in [2.75, 3.05) is 5.32 Å². The minimum Gasteiger partial charge on any atom is -0.481 e. The number of thiazole rings is 1. The van der Waals surface area contributed by atoms with E-state index in [1.807, 2.05) is 0 Å². The van der Waals surface area contributed by atoms with Crippen LogP contribution in [0.5, 0.6) is 5.75 Å². The van der Waals surface area contributed by atoms with Gasteiger partial charge in [0, 0.05) is 22.7 Å². The molecule has 1 heterocycles. The van der Waals surface area contributed by atoms with Crippen LogP contribution < -0.4 is 10.1 Å². The van der Waals surface area contributed by atoms with Gasteiger partial charge >= 0.3 is 5.97 Å². The highest BCUT2D eigenvalue weighted by Gasteiger charge is 2.37. The Bertz CT molecular complexity index is 1340. The summed E-state index contributed by atoms with van der Waals surface area (Å²) in [6.45, 7) is 0. The molecule has 0 bridgehead atoms. The molecule has 4 rings (SSSR count). The summed E-state index contributed by atoms with van der Waals surface area (Å²) < 4.78 is 58.0. The predicted octanol–water partition coefficient (Wildman–Crippen LogP) is 3.74. The smallest absolute Gasteiger partial charge is 0.308 e. The summed E-state index contributed by atoms with van der Waals surface area (Å²) in [5, 5.41) is 11.1. The molecule has 12 heteroatoms. The van der Waals surface area contributed by atoms with Gasteiger partial charge in [-0.15, -0.1) is 11.3 Å². The van der Waals surface area contributed by atoms with E-state index >= 15 is 0 Å². The van der Waals surface area contributed by atoms with Crippen molar-refractivity contribution in [1.29, 1.82) is 0 Å². The second kappa shape index (κ2) is 9.47. The van der Waals surface area contributed by atoms with Crippen molar-refractivity contribution in [3.8, 4) is 5.75 Å². The number of halogens is 2. The van der Waals surface area contributed by atoms with Gasteiger partial charge in [-0.05, 0) is 37.1 Å². The summed E-state index contributed by atoms with van der Waals surface area (Å²) in [6, 6.07) is 8.08. The number of aliphatic carboxylic acids is 1. The highest BCUT2D eigenvalue weighted by atomic mass is 32.2. The fourth-order valence-corrected chi connectivity index (χ4v) is 5.60. The first kappa shape index (κ1) is 23.8. The van der Waals surface area contributed by atoms with Crippen molar-refractivity contribution in [3.05, 3.63) is 70.7 Å². The van der Waals surface area contributed by atoms with Crippen LogP contribution >= 0.6 is 11.3 Å². The molecule has 8 nitrogen and oxygen atoms in total. The molecule has 2 N–H and O–H groups in total. The molecule has 0 spiro atoms. The molecule has 1 atom stereocenters. The lowest BCUT2D eigenvalue weighted by Gasteiger charge is -2.19. The Hall–Kier alpha value is -3.38. The third-order valence-corrected chi connectivity index (χ3v) is 8.15. The third-order valence-electron chi connectivity index (χ3n) is 4.96. The Balaban J connectivity index is 1.61. The topological polar surface area (TPSA) is 123 Å². The number of sulfone groups is 1. The van der Waals surface area contributed by atoms with E-state index in [4.69, 9.17) is 9.84 Å². The van der Waals surface area contributed by atoms with Gasteiger partial charge in [-0.2, -0.15) is 0 Å². The van der Waals surface area contributed by atoms with Crippen molar-refractivity contribution < 1.29 is 36.6 Å². The highest BCUT2D eigenvalue weighted by molar-refractivity contribution is 7.92. The number of ether oxygens (including phenoxy) is 1. The van der Waals surface area contributed by atoms with Crippen molar-refractivity contribution in [1.82, 2.24) is 4.98 Å². The Kier molecular flexibility index (Phi) is 6.62. The van der Waals surface area contributed by atoms with Gasteiger partial charge in [0.15, 0.2) is 26.5 Å². The second-order valence-corrected chi connectivity index (χ2v) is 10.9. The molecule has 1 saturated carbocycles. The van der Waals surface area contributed by atoms with E-state index in [0.29, 0.717) is 23.8 Å². The molecule has 1 aromatic heterocycles. The van der Waals surface area contributed by atoms with E-state index in [-0.39, 0.29) is 27.8 Å². The summed E-state index contributed by atoms with van der Waals surface area (Å²) in [5.41, 5.74) is 0.221. The number of amides is 1. The standard InChI is InChI=1S/C22H18F2N2O6S2/c23-13-3-8-18(17(24)9-13)32-20(21(29)26-22-25-11-14(33-22)10-19(27)28)12-1-4-15(5-2-12)34(30,31)16-6-7-16/h1-5,8-9,11,16,20H,6-7,10H2,(H,27,28)(H,25,26,29). The number of carboxylic acid groups (broad SMARTS) is 1. The maximum atomic E-state index is 14.2. The zero-order valence-electron chi connectivity index (χ0n) is 17.4. The Morgan fingerprint density at radius 3 is 2.50 bits per heavy atom. The minimum absolute atomic E-state index is 0.0994. The van der Waals surface area contributed by atoms with Crippen LogP contribution in [0.15, 0.2) is 53.6 Å². The van der Waals surface area contributed by atoms with E-state index in [0.717, 1.165) is 23.5 Å². The molecular formula is C22H18F2N2O6S2. The van der Waals surface area contributed by atoms with Crippen LogP contribution in [0.2, 0.25) is 0 Å². The maximum Gasteiger partial charge on any atom is 0.308 e. The lowest BCUT2D eigenvalue weighted by atomic mass is 10.1. The van der Waals surface area contributed by atoms with Crippen molar-refractivity contribution in [3.63, 3.8) is 0 Å². The van der Waals surface area contributed by atoms with E-state index in [1.165, 1.54) is 30.5 Å². The number of aromatic nitrogens is 1. The molecule has 178 valence electrons. The van der Waals surface area contributed by atoms with Crippen molar-refractivity contribution in [2.45, 2.75) is 35.5 Å². The van der Waals surface area contributed by atoms with Crippen LogP contribution in [-0.2, 0) is 25.8 Å². The quantitative estimate of drug-likeness (QED) is 0.451. The Labute approximate surface area is 197 Å². The first-order valence-electron chi connectivity index (χ1n) is 10.1. The van der Waals surface area contributed by atoms with E-state index in [9.17, 15) is 26.8 Å². The second-order valence-electron chi connectivity index (χ2n) is 7.58. The monoisotopic (exact) mass is 508 g/mol. The number of anilines is 1. The zero-order valence-corrected chi connectivity index (χ0v) is 19.0. The molecule has 1 aliphatic rings. The van der Waals surface area contributed by atoms with E-state index in [2.05, 4.69) is 10.3 Å². The van der Waals surface area contributed by atoms with Gasteiger partial charge in [-0.3, -0.25) is 14.9 Å². The van der Waals surface area contributed by atoms with Gasteiger partial charge in [-0.25, -0.2) is 22.2 Å².